The maximum Gasteiger partial charge on any atom is 0.420 e. The Kier molecular flexibility index (Phi) is 2.41. The Hall–Kier alpha value is -2.49. The van der Waals surface area contributed by atoms with Gasteiger partial charge in [-0.1, -0.05) is 24.3 Å². The Labute approximate surface area is 103 Å². The zero-order valence-electron chi connectivity index (χ0n) is 9.67. The van der Waals surface area contributed by atoms with Gasteiger partial charge in [-0.25, -0.2) is 4.79 Å². The lowest BCUT2D eigenvalue weighted by Gasteiger charge is -2.02. The largest absolute Gasteiger partial charge is 0.420 e. The normalized spacial score (nSPS) is 10.9. The number of hydrogen-bond acceptors (Lipinski definition) is 3. The van der Waals surface area contributed by atoms with Crippen molar-refractivity contribution in [2.45, 2.75) is 6.54 Å². The molecular weight excluding hydrogens is 228 g/mol. The zero-order chi connectivity index (χ0) is 12.5. The van der Waals surface area contributed by atoms with Gasteiger partial charge in [0, 0.05) is 5.69 Å². The van der Waals surface area contributed by atoms with Crippen molar-refractivity contribution in [1.82, 2.24) is 4.57 Å². The van der Waals surface area contributed by atoms with Crippen LogP contribution in [0.1, 0.15) is 5.56 Å². The van der Waals surface area contributed by atoms with Gasteiger partial charge in [-0.3, -0.25) is 4.57 Å². The fourth-order valence-electron chi connectivity index (χ4n) is 1.97. The van der Waals surface area contributed by atoms with Crippen molar-refractivity contribution in [2.24, 2.45) is 0 Å². The lowest BCUT2D eigenvalue weighted by molar-refractivity contribution is 0.518. The standard InChI is InChI=1S/C14H12N2O2/c15-11-7-5-10(6-8-11)9-16-12-3-1-2-4-13(12)18-14(16)17/h1-8H,9,15H2. The van der Waals surface area contributed by atoms with Gasteiger partial charge in [0.25, 0.3) is 0 Å². The fraction of sp³-hybridized carbons (Fsp3) is 0.0714. The van der Waals surface area contributed by atoms with Gasteiger partial charge in [-0.15, -0.1) is 0 Å². The Bertz CT molecular complexity index is 738. The summed E-state index contributed by atoms with van der Waals surface area (Å²) >= 11 is 0. The van der Waals surface area contributed by atoms with Gasteiger partial charge in [-0.05, 0) is 29.8 Å². The van der Waals surface area contributed by atoms with E-state index in [0.29, 0.717) is 17.8 Å². The van der Waals surface area contributed by atoms with Crippen molar-refractivity contribution >= 4 is 16.8 Å². The highest BCUT2D eigenvalue weighted by atomic mass is 16.4. The van der Waals surface area contributed by atoms with Crippen LogP contribution in [0, 0.1) is 0 Å². The number of fused-ring (bicyclic) bond motifs is 1. The van der Waals surface area contributed by atoms with Crippen LogP contribution in [-0.4, -0.2) is 4.57 Å². The SMILES string of the molecule is Nc1ccc(Cn2c(=O)oc3ccccc32)cc1. The number of oxazole rings is 1. The van der Waals surface area contributed by atoms with E-state index >= 15 is 0 Å². The molecule has 0 atom stereocenters. The molecule has 0 bridgehead atoms. The van der Waals surface area contributed by atoms with Crippen LogP contribution in [0.4, 0.5) is 5.69 Å². The summed E-state index contributed by atoms with van der Waals surface area (Å²) in [4.78, 5) is 11.8. The first kappa shape index (κ1) is 10.7. The molecule has 0 saturated heterocycles. The molecule has 3 aromatic rings. The molecule has 2 aromatic carbocycles. The second-order valence-electron chi connectivity index (χ2n) is 4.16. The number of aromatic nitrogens is 1. The van der Waals surface area contributed by atoms with E-state index in [9.17, 15) is 4.79 Å². The molecule has 0 fully saturated rings. The molecule has 0 unspecified atom stereocenters. The lowest BCUT2D eigenvalue weighted by atomic mass is 10.2. The smallest absolute Gasteiger partial charge is 0.408 e. The van der Waals surface area contributed by atoms with Gasteiger partial charge >= 0.3 is 5.76 Å². The van der Waals surface area contributed by atoms with Crippen LogP contribution in [0.5, 0.6) is 0 Å². The molecule has 0 aliphatic carbocycles. The number of nitrogen functional groups attached to an aromatic ring is 1. The van der Waals surface area contributed by atoms with Gasteiger partial charge in [0.15, 0.2) is 5.58 Å². The minimum Gasteiger partial charge on any atom is -0.408 e. The summed E-state index contributed by atoms with van der Waals surface area (Å²) in [7, 11) is 0. The first-order valence-corrected chi connectivity index (χ1v) is 5.67. The number of anilines is 1. The minimum absolute atomic E-state index is 0.340. The molecular formula is C14H12N2O2. The molecule has 4 nitrogen and oxygen atoms in total. The maximum absolute atomic E-state index is 11.8. The number of nitrogens with zero attached hydrogens (tertiary/aromatic N) is 1. The Balaban J connectivity index is 2.07. The summed E-state index contributed by atoms with van der Waals surface area (Å²) in [6.07, 6.45) is 0. The maximum atomic E-state index is 11.8. The van der Waals surface area contributed by atoms with Crippen molar-refractivity contribution in [3.63, 3.8) is 0 Å². The van der Waals surface area contributed by atoms with Crippen molar-refractivity contribution in [2.75, 3.05) is 5.73 Å². The monoisotopic (exact) mass is 240 g/mol. The van der Waals surface area contributed by atoms with Crippen LogP contribution < -0.4 is 11.5 Å². The average molecular weight is 240 g/mol. The second-order valence-corrected chi connectivity index (χ2v) is 4.16. The molecule has 0 spiro atoms. The predicted molar refractivity (Wildman–Crippen MR) is 70.4 cm³/mol. The molecule has 4 heteroatoms. The summed E-state index contributed by atoms with van der Waals surface area (Å²) < 4.78 is 6.79. The number of benzene rings is 2. The van der Waals surface area contributed by atoms with E-state index in [1.54, 1.807) is 10.6 Å². The molecule has 0 amide bonds. The third kappa shape index (κ3) is 1.78. The van der Waals surface area contributed by atoms with Gasteiger partial charge < -0.3 is 10.2 Å². The van der Waals surface area contributed by atoms with Crippen LogP contribution in [0.2, 0.25) is 0 Å². The molecule has 3 rings (SSSR count). The predicted octanol–water partition coefficient (Wildman–Crippen LogP) is 2.23. The van der Waals surface area contributed by atoms with Crippen molar-refractivity contribution in [3.8, 4) is 0 Å². The zero-order valence-corrected chi connectivity index (χ0v) is 9.67. The second kappa shape index (κ2) is 4.07. The summed E-state index contributed by atoms with van der Waals surface area (Å²) in [5.41, 5.74) is 8.77. The summed E-state index contributed by atoms with van der Waals surface area (Å²) in [5, 5.41) is 0. The third-order valence-corrected chi connectivity index (χ3v) is 2.89. The van der Waals surface area contributed by atoms with Crippen LogP contribution in [0.15, 0.2) is 57.7 Å². The van der Waals surface area contributed by atoms with Crippen LogP contribution in [0.3, 0.4) is 0 Å². The fourth-order valence-corrected chi connectivity index (χ4v) is 1.97. The van der Waals surface area contributed by atoms with E-state index in [2.05, 4.69) is 0 Å². The van der Waals surface area contributed by atoms with Crippen molar-refractivity contribution in [3.05, 3.63) is 64.6 Å². The number of para-hydroxylation sites is 2. The molecule has 2 N–H and O–H groups in total. The summed E-state index contributed by atoms with van der Waals surface area (Å²) in [5.74, 6) is -0.340. The first-order chi connectivity index (χ1) is 8.74. The Morgan fingerprint density at radius 1 is 1.06 bits per heavy atom. The summed E-state index contributed by atoms with van der Waals surface area (Å²) in [6, 6.07) is 14.8. The molecule has 90 valence electrons. The minimum atomic E-state index is -0.340. The average Bonchev–Trinajstić information content (AvgIpc) is 2.69. The van der Waals surface area contributed by atoms with E-state index in [-0.39, 0.29) is 5.76 Å². The van der Waals surface area contributed by atoms with Crippen LogP contribution in [-0.2, 0) is 6.54 Å². The highest BCUT2D eigenvalue weighted by Crippen LogP contribution is 2.14. The quantitative estimate of drug-likeness (QED) is 0.699. The van der Waals surface area contributed by atoms with E-state index < -0.39 is 0 Å². The van der Waals surface area contributed by atoms with E-state index in [1.807, 2.05) is 42.5 Å². The first-order valence-electron chi connectivity index (χ1n) is 5.67. The molecule has 0 radical (unpaired) electrons. The molecule has 0 saturated carbocycles. The van der Waals surface area contributed by atoms with Gasteiger partial charge in [-0.2, -0.15) is 0 Å². The lowest BCUT2D eigenvalue weighted by Crippen LogP contribution is -2.14. The number of hydrogen-bond donors (Lipinski definition) is 1. The molecule has 0 aliphatic heterocycles. The van der Waals surface area contributed by atoms with E-state index in [0.717, 1.165) is 11.1 Å². The van der Waals surface area contributed by atoms with Gasteiger partial charge in [0.05, 0.1) is 12.1 Å². The van der Waals surface area contributed by atoms with E-state index in [1.165, 1.54) is 0 Å². The van der Waals surface area contributed by atoms with Crippen molar-refractivity contribution < 1.29 is 4.42 Å². The topological polar surface area (TPSA) is 61.2 Å². The van der Waals surface area contributed by atoms with E-state index in [4.69, 9.17) is 10.2 Å². The third-order valence-electron chi connectivity index (χ3n) is 2.89. The molecule has 1 heterocycles. The van der Waals surface area contributed by atoms with Crippen LogP contribution >= 0.6 is 0 Å². The van der Waals surface area contributed by atoms with Gasteiger partial charge in [0.2, 0.25) is 0 Å². The molecule has 0 aliphatic rings. The molecule has 1 aromatic heterocycles. The highest BCUT2D eigenvalue weighted by Gasteiger charge is 2.08. The Morgan fingerprint density at radius 3 is 2.56 bits per heavy atom. The number of rotatable bonds is 2. The Morgan fingerprint density at radius 2 is 1.78 bits per heavy atom. The van der Waals surface area contributed by atoms with Crippen LogP contribution in [0.25, 0.3) is 11.1 Å². The van der Waals surface area contributed by atoms with Crippen molar-refractivity contribution in [1.29, 1.82) is 0 Å². The number of nitrogens with two attached hydrogens (primary N) is 1. The molecule has 18 heavy (non-hydrogen) atoms. The van der Waals surface area contributed by atoms with Gasteiger partial charge in [0.1, 0.15) is 0 Å². The highest BCUT2D eigenvalue weighted by molar-refractivity contribution is 5.72. The summed E-state index contributed by atoms with van der Waals surface area (Å²) in [6.45, 7) is 0.482.